The van der Waals surface area contributed by atoms with Gasteiger partial charge in [0, 0.05) is 18.7 Å². The van der Waals surface area contributed by atoms with Gasteiger partial charge >= 0.3 is 0 Å². The van der Waals surface area contributed by atoms with Crippen LogP contribution in [0.25, 0.3) is 0 Å². The number of amides is 1. The van der Waals surface area contributed by atoms with Crippen molar-refractivity contribution in [1.82, 2.24) is 4.90 Å². The number of hydrogen-bond donors (Lipinski definition) is 0. The Morgan fingerprint density at radius 1 is 1.21 bits per heavy atom. The van der Waals surface area contributed by atoms with Gasteiger partial charge in [-0.15, -0.1) is 0 Å². The molecule has 0 N–H and O–H groups in total. The lowest BCUT2D eigenvalue weighted by Crippen LogP contribution is -2.48. The van der Waals surface area contributed by atoms with Gasteiger partial charge in [0.1, 0.15) is 0 Å². The first kappa shape index (κ1) is 14.1. The van der Waals surface area contributed by atoms with Crippen LogP contribution in [-0.2, 0) is 11.2 Å². The lowest BCUT2D eigenvalue weighted by molar-refractivity contribution is -0.0586. The predicted octanol–water partition coefficient (Wildman–Crippen LogP) is 2.89. The Balaban J connectivity index is 2.06. The molecule has 1 amide bonds. The van der Waals surface area contributed by atoms with E-state index in [4.69, 9.17) is 4.74 Å². The van der Waals surface area contributed by atoms with E-state index in [2.05, 4.69) is 19.1 Å². The number of nitrogens with zero attached hydrogens (tertiary/aromatic N) is 1. The molecule has 104 valence electrons. The van der Waals surface area contributed by atoms with Crippen LogP contribution in [0.3, 0.4) is 0 Å². The Kier molecular flexibility index (Phi) is 4.59. The SMILES string of the molecule is CCCc1ccc(C(=O)N2CC(C)OC(C)C2)cc1. The van der Waals surface area contributed by atoms with Crippen molar-refractivity contribution in [3.05, 3.63) is 35.4 Å². The lowest BCUT2D eigenvalue weighted by atomic mass is 10.1. The molecule has 0 spiro atoms. The Bertz CT molecular complexity index is 417. The molecule has 19 heavy (non-hydrogen) atoms. The van der Waals surface area contributed by atoms with Crippen LogP contribution in [0.2, 0.25) is 0 Å². The third-order valence-corrected chi connectivity index (χ3v) is 3.45. The minimum atomic E-state index is 0.116. The quantitative estimate of drug-likeness (QED) is 0.837. The van der Waals surface area contributed by atoms with Gasteiger partial charge < -0.3 is 9.64 Å². The molecule has 2 rings (SSSR count). The summed E-state index contributed by atoms with van der Waals surface area (Å²) in [5.74, 6) is 0.116. The third kappa shape index (κ3) is 3.57. The van der Waals surface area contributed by atoms with E-state index in [9.17, 15) is 4.79 Å². The first-order valence-electron chi connectivity index (χ1n) is 7.13. The summed E-state index contributed by atoms with van der Waals surface area (Å²) in [6.45, 7) is 7.55. The second-order valence-corrected chi connectivity index (χ2v) is 5.41. The third-order valence-electron chi connectivity index (χ3n) is 3.45. The van der Waals surface area contributed by atoms with E-state index in [1.807, 2.05) is 30.9 Å². The number of morpholine rings is 1. The highest BCUT2D eigenvalue weighted by Crippen LogP contribution is 2.15. The zero-order valence-electron chi connectivity index (χ0n) is 12.1. The fraction of sp³-hybridized carbons (Fsp3) is 0.562. The summed E-state index contributed by atoms with van der Waals surface area (Å²) < 4.78 is 5.66. The maximum atomic E-state index is 12.4. The van der Waals surface area contributed by atoms with E-state index in [0.717, 1.165) is 18.4 Å². The average Bonchev–Trinajstić information content (AvgIpc) is 2.38. The standard InChI is InChI=1S/C16H23NO2/c1-4-5-14-6-8-15(9-7-14)16(18)17-10-12(2)19-13(3)11-17/h6-9,12-13H,4-5,10-11H2,1-3H3. The van der Waals surface area contributed by atoms with Crippen LogP contribution < -0.4 is 0 Å². The van der Waals surface area contributed by atoms with Crippen molar-refractivity contribution in [2.75, 3.05) is 13.1 Å². The van der Waals surface area contributed by atoms with Crippen LogP contribution in [0.5, 0.6) is 0 Å². The summed E-state index contributed by atoms with van der Waals surface area (Å²) in [6, 6.07) is 8.00. The molecule has 0 bridgehead atoms. The van der Waals surface area contributed by atoms with Crippen molar-refractivity contribution < 1.29 is 9.53 Å². The molecular formula is C16H23NO2. The van der Waals surface area contributed by atoms with Crippen LogP contribution in [-0.4, -0.2) is 36.1 Å². The summed E-state index contributed by atoms with van der Waals surface area (Å²) in [4.78, 5) is 14.3. The van der Waals surface area contributed by atoms with E-state index < -0.39 is 0 Å². The molecule has 0 radical (unpaired) electrons. The highest BCUT2D eigenvalue weighted by atomic mass is 16.5. The average molecular weight is 261 g/mol. The monoisotopic (exact) mass is 261 g/mol. The molecule has 2 atom stereocenters. The maximum Gasteiger partial charge on any atom is 0.254 e. The van der Waals surface area contributed by atoms with Crippen molar-refractivity contribution >= 4 is 5.91 Å². The van der Waals surface area contributed by atoms with Crippen LogP contribution in [0.1, 0.15) is 43.1 Å². The van der Waals surface area contributed by atoms with Gasteiger partial charge in [0.2, 0.25) is 0 Å². The summed E-state index contributed by atoms with van der Waals surface area (Å²) in [6.07, 6.45) is 2.44. The Morgan fingerprint density at radius 3 is 2.32 bits per heavy atom. The Morgan fingerprint density at radius 2 is 1.79 bits per heavy atom. The summed E-state index contributed by atoms with van der Waals surface area (Å²) in [7, 11) is 0. The zero-order chi connectivity index (χ0) is 13.8. The summed E-state index contributed by atoms with van der Waals surface area (Å²) in [5, 5.41) is 0. The van der Waals surface area contributed by atoms with Gasteiger partial charge in [0.15, 0.2) is 0 Å². The molecule has 3 nitrogen and oxygen atoms in total. The van der Waals surface area contributed by atoms with Gasteiger partial charge in [-0.1, -0.05) is 25.5 Å². The number of benzene rings is 1. The van der Waals surface area contributed by atoms with Gasteiger partial charge in [0.05, 0.1) is 12.2 Å². The Hall–Kier alpha value is -1.35. The molecule has 0 saturated carbocycles. The topological polar surface area (TPSA) is 29.5 Å². The van der Waals surface area contributed by atoms with Crippen molar-refractivity contribution in [2.24, 2.45) is 0 Å². The highest BCUT2D eigenvalue weighted by Gasteiger charge is 2.26. The van der Waals surface area contributed by atoms with Crippen LogP contribution in [0.4, 0.5) is 0 Å². The smallest absolute Gasteiger partial charge is 0.254 e. The van der Waals surface area contributed by atoms with Crippen molar-refractivity contribution in [3.63, 3.8) is 0 Å². The van der Waals surface area contributed by atoms with E-state index in [1.54, 1.807) is 0 Å². The molecule has 1 aromatic rings. The van der Waals surface area contributed by atoms with E-state index in [-0.39, 0.29) is 18.1 Å². The minimum absolute atomic E-state index is 0.116. The molecule has 0 aromatic heterocycles. The van der Waals surface area contributed by atoms with Crippen molar-refractivity contribution in [3.8, 4) is 0 Å². The largest absolute Gasteiger partial charge is 0.372 e. The zero-order valence-corrected chi connectivity index (χ0v) is 12.1. The van der Waals surface area contributed by atoms with Crippen molar-refractivity contribution in [1.29, 1.82) is 0 Å². The van der Waals surface area contributed by atoms with E-state index in [0.29, 0.717) is 13.1 Å². The second kappa shape index (κ2) is 6.20. The van der Waals surface area contributed by atoms with Gasteiger partial charge in [0.25, 0.3) is 5.91 Å². The minimum Gasteiger partial charge on any atom is -0.372 e. The van der Waals surface area contributed by atoms with Gasteiger partial charge in [-0.2, -0.15) is 0 Å². The summed E-state index contributed by atoms with van der Waals surface area (Å²) >= 11 is 0. The van der Waals surface area contributed by atoms with Crippen LogP contribution in [0, 0.1) is 0 Å². The molecule has 1 aliphatic heterocycles. The number of aryl methyl sites for hydroxylation is 1. The molecule has 2 unspecified atom stereocenters. The molecular weight excluding hydrogens is 238 g/mol. The molecule has 1 aliphatic rings. The fourth-order valence-electron chi connectivity index (χ4n) is 2.63. The maximum absolute atomic E-state index is 12.4. The molecule has 3 heteroatoms. The first-order valence-corrected chi connectivity index (χ1v) is 7.13. The first-order chi connectivity index (χ1) is 9.10. The number of hydrogen-bond acceptors (Lipinski definition) is 2. The van der Waals surface area contributed by atoms with Gasteiger partial charge in [-0.05, 0) is 38.0 Å². The number of ether oxygens (including phenoxy) is 1. The molecule has 1 aromatic carbocycles. The molecule has 0 aliphatic carbocycles. The predicted molar refractivity (Wildman–Crippen MR) is 76.3 cm³/mol. The molecule has 1 fully saturated rings. The number of carbonyl (C=O) groups excluding carboxylic acids is 1. The van der Waals surface area contributed by atoms with Crippen LogP contribution in [0.15, 0.2) is 24.3 Å². The van der Waals surface area contributed by atoms with Gasteiger partial charge in [-0.25, -0.2) is 0 Å². The van der Waals surface area contributed by atoms with E-state index in [1.165, 1.54) is 5.56 Å². The molecule has 1 heterocycles. The van der Waals surface area contributed by atoms with Crippen molar-refractivity contribution in [2.45, 2.75) is 45.8 Å². The van der Waals surface area contributed by atoms with Gasteiger partial charge in [-0.3, -0.25) is 4.79 Å². The molecule has 1 saturated heterocycles. The normalized spacial score (nSPS) is 23.4. The highest BCUT2D eigenvalue weighted by molar-refractivity contribution is 5.94. The fourth-order valence-corrected chi connectivity index (χ4v) is 2.63. The number of carbonyl (C=O) groups is 1. The Labute approximate surface area is 115 Å². The number of rotatable bonds is 3. The van der Waals surface area contributed by atoms with E-state index >= 15 is 0 Å². The van der Waals surface area contributed by atoms with Crippen LogP contribution >= 0.6 is 0 Å². The second-order valence-electron chi connectivity index (χ2n) is 5.41. The summed E-state index contributed by atoms with van der Waals surface area (Å²) in [5.41, 5.74) is 2.07. The lowest BCUT2D eigenvalue weighted by Gasteiger charge is -2.35.